The van der Waals surface area contributed by atoms with Crippen LogP contribution in [0.4, 0.5) is 0 Å². The van der Waals surface area contributed by atoms with Gasteiger partial charge in [-0.05, 0) is 31.2 Å². The molecule has 1 N–H and O–H groups in total. The third-order valence-corrected chi connectivity index (χ3v) is 4.89. The van der Waals surface area contributed by atoms with E-state index >= 15 is 0 Å². The molecule has 0 saturated carbocycles. The molecule has 1 aromatic heterocycles. The Labute approximate surface area is 193 Å². The summed E-state index contributed by atoms with van der Waals surface area (Å²) in [5.74, 6) is 0.108. The number of carbonyl (C=O) groups is 1. The van der Waals surface area contributed by atoms with E-state index in [2.05, 4.69) is 9.97 Å². The molecule has 2 aromatic carbocycles. The average molecular weight is 453 g/mol. The summed E-state index contributed by atoms with van der Waals surface area (Å²) in [5.41, 5.74) is 2.04. The van der Waals surface area contributed by atoms with Crippen LogP contribution in [0.15, 0.2) is 60.8 Å². The molecule has 33 heavy (non-hydrogen) atoms. The van der Waals surface area contributed by atoms with E-state index in [1.807, 2.05) is 30.3 Å². The Balaban J connectivity index is 1.68. The lowest BCUT2D eigenvalue weighted by atomic mass is 10.0. The Morgan fingerprint density at radius 3 is 2.45 bits per heavy atom. The number of ether oxygens (including phenoxy) is 4. The fraction of sp³-hybridized carbons (Fsp3) is 0.320. The van der Waals surface area contributed by atoms with Crippen LogP contribution >= 0.6 is 0 Å². The van der Waals surface area contributed by atoms with Crippen molar-refractivity contribution in [3.63, 3.8) is 0 Å². The largest absolute Gasteiger partial charge is 0.490 e. The summed E-state index contributed by atoms with van der Waals surface area (Å²) in [7, 11) is 1.63. The molecule has 0 spiro atoms. The van der Waals surface area contributed by atoms with E-state index in [0.29, 0.717) is 55.0 Å². The average Bonchev–Trinajstić information content (AvgIpc) is 2.85. The lowest BCUT2D eigenvalue weighted by Crippen LogP contribution is -2.11. The number of carboxylic acid groups (broad SMARTS) is 1. The monoisotopic (exact) mass is 452 g/mol. The zero-order chi connectivity index (χ0) is 23.5. The smallest absolute Gasteiger partial charge is 0.310 e. The number of carboxylic acids is 1. The number of hydrogen-bond acceptors (Lipinski definition) is 7. The van der Waals surface area contributed by atoms with Crippen molar-refractivity contribution in [1.82, 2.24) is 9.97 Å². The summed E-state index contributed by atoms with van der Waals surface area (Å²) in [4.78, 5) is 20.4. The Morgan fingerprint density at radius 2 is 1.67 bits per heavy atom. The van der Waals surface area contributed by atoms with Gasteiger partial charge in [-0.3, -0.25) is 4.79 Å². The van der Waals surface area contributed by atoms with Crippen molar-refractivity contribution in [2.45, 2.75) is 19.4 Å². The quantitative estimate of drug-likeness (QED) is 0.389. The van der Waals surface area contributed by atoms with Crippen molar-refractivity contribution in [1.29, 1.82) is 0 Å². The van der Waals surface area contributed by atoms with E-state index in [-0.39, 0.29) is 6.61 Å². The van der Waals surface area contributed by atoms with Crippen molar-refractivity contribution in [2.24, 2.45) is 0 Å². The van der Waals surface area contributed by atoms with Crippen molar-refractivity contribution in [3.05, 3.63) is 72.1 Å². The second-order valence-electron chi connectivity index (χ2n) is 7.21. The minimum Gasteiger partial charge on any atom is -0.490 e. The van der Waals surface area contributed by atoms with Crippen LogP contribution in [0.3, 0.4) is 0 Å². The predicted octanol–water partition coefficient (Wildman–Crippen LogP) is 3.95. The van der Waals surface area contributed by atoms with Crippen LogP contribution in [-0.2, 0) is 20.9 Å². The van der Waals surface area contributed by atoms with Gasteiger partial charge in [-0.15, -0.1) is 0 Å². The molecule has 174 valence electrons. The normalized spacial score (nSPS) is 11.7. The van der Waals surface area contributed by atoms with Gasteiger partial charge >= 0.3 is 5.97 Å². The summed E-state index contributed by atoms with van der Waals surface area (Å²) in [6.45, 7) is 3.70. The summed E-state index contributed by atoms with van der Waals surface area (Å²) in [6.07, 6.45) is 1.66. The molecule has 1 atom stereocenters. The van der Waals surface area contributed by atoms with Gasteiger partial charge in [0.05, 0.1) is 37.0 Å². The Bertz CT molecular complexity index is 1040. The van der Waals surface area contributed by atoms with Crippen LogP contribution in [0.2, 0.25) is 0 Å². The molecule has 0 amide bonds. The number of aromatic nitrogens is 2. The Morgan fingerprint density at radius 1 is 0.939 bits per heavy atom. The lowest BCUT2D eigenvalue weighted by Gasteiger charge is -2.14. The SMILES string of the molecule is COCCOCCOc1ccccc1-c1nccc(COc2ccccc2C(C)C(=O)O)n1. The van der Waals surface area contributed by atoms with Gasteiger partial charge in [0.25, 0.3) is 0 Å². The third kappa shape index (κ3) is 7.00. The van der Waals surface area contributed by atoms with Gasteiger partial charge in [0.2, 0.25) is 0 Å². The minimum absolute atomic E-state index is 0.176. The summed E-state index contributed by atoms with van der Waals surface area (Å²) >= 11 is 0. The number of para-hydroxylation sites is 2. The molecule has 0 aliphatic rings. The van der Waals surface area contributed by atoms with Gasteiger partial charge in [0, 0.05) is 18.9 Å². The van der Waals surface area contributed by atoms with Gasteiger partial charge in [0.15, 0.2) is 5.82 Å². The molecule has 0 saturated heterocycles. The highest BCUT2D eigenvalue weighted by molar-refractivity contribution is 5.76. The molecule has 0 fully saturated rings. The topological polar surface area (TPSA) is 100 Å². The van der Waals surface area contributed by atoms with Crippen LogP contribution in [0, 0.1) is 0 Å². The maximum Gasteiger partial charge on any atom is 0.310 e. The van der Waals surface area contributed by atoms with Crippen LogP contribution < -0.4 is 9.47 Å². The first-order chi connectivity index (χ1) is 16.1. The fourth-order valence-corrected chi connectivity index (χ4v) is 3.09. The second-order valence-corrected chi connectivity index (χ2v) is 7.21. The van der Waals surface area contributed by atoms with Crippen molar-refractivity contribution in [2.75, 3.05) is 33.5 Å². The van der Waals surface area contributed by atoms with Gasteiger partial charge < -0.3 is 24.1 Å². The van der Waals surface area contributed by atoms with Crippen LogP contribution in [0.25, 0.3) is 11.4 Å². The number of nitrogens with zero attached hydrogens (tertiary/aromatic N) is 2. The first kappa shape index (κ1) is 24.2. The number of rotatable bonds is 13. The first-order valence-electron chi connectivity index (χ1n) is 10.7. The zero-order valence-corrected chi connectivity index (χ0v) is 18.8. The number of hydrogen-bond donors (Lipinski definition) is 1. The fourth-order valence-electron chi connectivity index (χ4n) is 3.09. The number of methoxy groups -OCH3 is 1. The number of aliphatic carboxylic acids is 1. The highest BCUT2D eigenvalue weighted by Gasteiger charge is 2.18. The van der Waals surface area contributed by atoms with Crippen molar-refractivity contribution < 1.29 is 28.8 Å². The molecule has 0 aliphatic carbocycles. The molecule has 0 radical (unpaired) electrons. The van der Waals surface area contributed by atoms with E-state index in [9.17, 15) is 9.90 Å². The van der Waals surface area contributed by atoms with E-state index in [0.717, 1.165) is 5.56 Å². The van der Waals surface area contributed by atoms with Crippen molar-refractivity contribution in [3.8, 4) is 22.9 Å². The summed E-state index contributed by atoms with van der Waals surface area (Å²) in [5, 5.41) is 9.35. The summed E-state index contributed by atoms with van der Waals surface area (Å²) < 4.78 is 22.2. The molecule has 8 heteroatoms. The lowest BCUT2D eigenvalue weighted by molar-refractivity contribution is -0.138. The molecule has 3 rings (SSSR count). The van der Waals surface area contributed by atoms with E-state index in [1.165, 1.54) is 0 Å². The molecule has 0 aliphatic heterocycles. The van der Waals surface area contributed by atoms with Gasteiger partial charge in [-0.2, -0.15) is 0 Å². The van der Waals surface area contributed by atoms with Crippen LogP contribution in [-0.4, -0.2) is 54.6 Å². The van der Waals surface area contributed by atoms with Crippen LogP contribution in [0.1, 0.15) is 24.1 Å². The Hall–Kier alpha value is -3.49. The van der Waals surface area contributed by atoms with E-state index in [4.69, 9.17) is 18.9 Å². The maximum atomic E-state index is 11.4. The molecule has 3 aromatic rings. The number of benzene rings is 2. The van der Waals surface area contributed by atoms with Crippen LogP contribution in [0.5, 0.6) is 11.5 Å². The second kappa shape index (κ2) is 12.5. The minimum atomic E-state index is -0.906. The van der Waals surface area contributed by atoms with Gasteiger partial charge in [-0.25, -0.2) is 9.97 Å². The highest BCUT2D eigenvalue weighted by atomic mass is 16.5. The maximum absolute atomic E-state index is 11.4. The zero-order valence-electron chi connectivity index (χ0n) is 18.8. The molecule has 1 heterocycles. The highest BCUT2D eigenvalue weighted by Crippen LogP contribution is 2.29. The third-order valence-electron chi connectivity index (χ3n) is 4.89. The van der Waals surface area contributed by atoms with E-state index in [1.54, 1.807) is 44.5 Å². The van der Waals surface area contributed by atoms with Crippen molar-refractivity contribution >= 4 is 5.97 Å². The van der Waals surface area contributed by atoms with Gasteiger partial charge in [0.1, 0.15) is 24.7 Å². The Kier molecular flexibility index (Phi) is 9.17. The van der Waals surface area contributed by atoms with E-state index < -0.39 is 11.9 Å². The molecule has 8 nitrogen and oxygen atoms in total. The summed E-state index contributed by atoms with van der Waals surface area (Å²) in [6, 6.07) is 16.4. The molecule has 0 bridgehead atoms. The molecular weight excluding hydrogens is 424 g/mol. The van der Waals surface area contributed by atoms with Gasteiger partial charge in [-0.1, -0.05) is 30.3 Å². The molecular formula is C25H28N2O6. The predicted molar refractivity (Wildman–Crippen MR) is 122 cm³/mol. The standard InChI is InChI=1S/C25H28N2O6/c1-18(25(28)29)20-7-3-5-9-22(20)33-17-19-11-12-26-24(27-19)21-8-4-6-10-23(21)32-16-15-31-14-13-30-2/h3-12,18H,13-17H2,1-2H3,(H,28,29). The first-order valence-corrected chi connectivity index (χ1v) is 10.7. The molecule has 1 unspecified atom stereocenters.